The number of nitrogens with one attached hydrogen (secondary N) is 1. The van der Waals surface area contributed by atoms with Gasteiger partial charge in [0.05, 0.1) is 17.4 Å². The molecule has 0 radical (unpaired) electrons. The molecule has 8 heteroatoms. The Labute approximate surface area is 201 Å². The van der Waals surface area contributed by atoms with Gasteiger partial charge in [0.1, 0.15) is 0 Å². The molecule has 0 saturated heterocycles. The Balaban J connectivity index is 1.40. The summed E-state index contributed by atoms with van der Waals surface area (Å²) in [4.78, 5) is 28.3. The number of oxime groups is 1. The van der Waals surface area contributed by atoms with Crippen molar-refractivity contribution < 1.29 is 29.7 Å². The number of aliphatic carboxylic acids is 1. The van der Waals surface area contributed by atoms with Gasteiger partial charge in [0.25, 0.3) is 5.91 Å². The molecule has 8 atom stereocenters. The van der Waals surface area contributed by atoms with Gasteiger partial charge in [-0.15, -0.1) is 0 Å². The van der Waals surface area contributed by atoms with Crippen LogP contribution in [-0.4, -0.2) is 57.3 Å². The summed E-state index contributed by atoms with van der Waals surface area (Å²) in [5.41, 5.74) is 1.83. The Bertz CT molecular complexity index is 896. The number of carbonyl (C=O) groups is 2. The molecule has 0 aromatic carbocycles. The third-order valence-corrected chi connectivity index (χ3v) is 9.98. The SMILES string of the molecule is C[C@H](O)[C@H](NC(=O)CO/N=C1/C=C2CC[C@@H]3[C@H](CC[C@@]4(C)[C@H]3CC[C@]4(C)O)[C@@]2(C)CC1)C(=O)O. The van der Waals surface area contributed by atoms with Gasteiger partial charge in [0, 0.05) is 0 Å². The van der Waals surface area contributed by atoms with Crippen LogP contribution in [0.25, 0.3) is 0 Å². The zero-order valence-electron chi connectivity index (χ0n) is 20.8. The molecule has 3 saturated carbocycles. The van der Waals surface area contributed by atoms with Gasteiger partial charge < -0.3 is 25.5 Å². The first-order chi connectivity index (χ1) is 15.9. The molecule has 0 aliphatic heterocycles. The molecule has 34 heavy (non-hydrogen) atoms. The summed E-state index contributed by atoms with van der Waals surface area (Å²) in [6, 6.07) is -1.38. The molecule has 4 aliphatic carbocycles. The molecule has 0 unspecified atom stereocenters. The van der Waals surface area contributed by atoms with Crippen molar-refractivity contribution in [2.75, 3.05) is 6.61 Å². The summed E-state index contributed by atoms with van der Waals surface area (Å²) in [5, 5.41) is 36.0. The lowest BCUT2D eigenvalue weighted by Crippen LogP contribution is -2.53. The van der Waals surface area contributed by atoms with Crippen molar-refractivity contribution in [3.05, 3.63) is 11.6 Å². The van der Waals surface area contributed by atoms with Crippen LogP contribution in [0.3, 0.4) is 0 Å². The highest BCUT2D eigenvalue weighted by Gasteiger charge is 2.62. The Morgan fingerprint density at radius 2 is 1.85 bits per heavy atom. The largest absolute Gasteiger partial charge is 0.480 e. The third-order valence-electron chi connectivity index (χ3n) is 9.98. The number of carboxylic acids is 1. The smallest absolute Gasteiger partial charge is 0.328 e. The van der Waals surface area contributed by atoms with Crippen molar-refractivity contribution in [2.24, 2.45) is 33.7 Å². The molecule has 4 aliphatic rings. The van der Waals surface area contributed by atoms with Gasteiger partial charge in [-0.05, 0) is 99.9 Å². The van der Waals surface area contributed by atoms with Gasteiger partial charge in [0.2, 0.25) is 0 Å². The van der Waals surface area contributed by atoms with Gasteiger partial charge >= 0.3 is 5.97 Å². The standard InChI is InChI=1S/C26H40N2O6/c1-15(29)22(23(31)32)27-21(30)14-34-28-17-7-10-24(2)16(13-17)5-6-18-19(24)8-11-25(3)20(18)9-12-26(25,4)33/h13,15,18-20,22,29,33H,5-12,14H2,1-4H3,(H,27,30)(H,31,32)/b28-17+/t15-,18+,19-,20-,22-,24-,25-,26-/m0/s1. The van der Waals surface area contributed by atoms with E-state index in [0.717, 1.165) is 57.1 Å². The van der Waals surface area contributed by atoms with Crippen LogP contribution >= 0.6 is 0 Å². The van der Waals surface area contributed by atoms with Crippen molar-refractivity contribution in [3.63, 3.8) is 0 Å². The number of hydrogen-bond acceptors (Lipinski definition) is 6. The molecule has 4 N–H and O–H groups in total. The van der Waals surface area contributed by atoms with Crippen molar-refractivity contribution in [3.8, 4) is 0 Å². The Morgan fingerprint density at radius 3 is 2.53 bits per heavy atom. The lowest BCUT2D eigenvalue weighted by atomic mass is 9.46. The lowest BCUT2D eigenvalue weighted by Gasteiger charge is -2.59. The average molecular weight is 477 g/mol. The van der Waals surface area contributed by atoms with E-state index >= 15 is 0 Å². The predicted molar refractivity (Wildman–Crippen MR) is 127 cm³/mol. The lowest BCUT2D eigenvalue weighted by molar-refractivity contribution is -0.145. The molecule has 0 heterocycles. The van der Waals surface area contributed by atoms with Gasteiger partial charge in [-0.1, -0.05) is 24.6 Å². The zero-order chi connectivity index (χ0) is 24.9. The van der Waals surface area contributed by atoms with E-state index < -0.39 is 36.2 Å². The third kappa shape index (κ3) is 4.17. The van der Waals surface area contributed by atoms with Crippen LogP contribution in [0.1, 0.15) is 79.1 Å². The van der Waals surface area contributed by atoms with Crippen LogP contribution in [0.15, 0.2) is 16.8 Å². The van der Waals surface area contributed by atoms with Crippen LogP contribution in [0.2, 0.25) is 0 Å². The number of aliphatic hydroxyl groups is 2. The highest BCUT2D eigenvalue weighted by atomic mass is 16.6. The normalized spacial score (nSPS) is 42.0. The van der Waals surface area contributed by atoms with Gasteiger partial charge in [0.15, 0.2) is 12.6 Å². The second kappa shape index (κ2) is 8.94. The van der Waals surface area contributed by atoms with Crippen molar-refractivity contribution in [1.29, 1.82) is 0 Å². The number of carboxylic acid groups (broad SMARTS) is 1. The number of hydrogen-bond donors (Lipinski definition) is 4. The predicted octanol–water partition coefficient (Wildman–Crippen LogP) is 3.02. The first-order valence-corrected chi connectivity index (χ1v) is 12.7. The molecule has 8 nitrogen and oxygen atoms in total. The first-order valence-electron chi connectivity index (χ1n) is 12.7. The molecule has 3 fully saturated rings. The van der Waals surface area contributed by atoms with Crippen LogP contribution in [0.4, 0.5) is 0 Å². The number of amides is 1. The maximum absolute atomic E-state index is 12.0. The second-order valence-corrected chi connectivity index (χ2v) is 11.8. The zero-order valence-corrected chi connectivity index (χ0v) is 20.8. The van der Waals surface area contributed by atoms with E-state index in [2.05, 4.69) is 30.4 Å². The Hall–Kier alpha value is -1.93. The van der Waals surface area contributed by atoms with E-state index in [9.17, 15) is 19.8 Å². The van der Waals surface area contributed by atoms with E-state index in [1.165, 1.54) is 12.5 Å². The van der Waals surface area contributed by atoms with E-state index in [0.29, 0.717) is 17.8 Å². The minimum Gasteiger partial charge on any atom is -0.480 e. The van der Waals surface area contributed by atoms with Crippen molar-refractivity contribution >= 4 is 17.6 Å². The fraction of sp³-hybridized carbons (Fsp3) is 0.808. The van der Waals surface area contributed by atoms with E-state index in [1.54, 1.807) is 0 Å². The molecular formula is C26H40N2O6. The Kier molecular flexibility index (Phi) is 6.62. The minimum absolute atomic E-state index is 0.0227. The van der Waals surface area contributed by atoms with Gasteiger partial charge in [-0.3, -0.25) is 4.79 Å². The van der Waals surface area contributed by atoms with Crippen molar-refractivity contribution in [1.82, 2.24) is 5.32 Å². The first kappa shape index (κ1) is 25.2. The number of allylic oxidation sites excluding steroid dienone is 2. The topological polar surface area (TPSA) is 128 Å². The summed E-state index contributed by atoms with van der Waals surface area (Å²) in [7, 11) is 0. The minimum atomic E-state index is -1.38. The fourth-order valence-corrected chi connectivity index (χ4v) is 7.66. The summed E-state index contributed by atoms with van der Waals surface area (Å²) in [6.07, 6.45) is 9.14. The Morgan fingerprint density at radius 1 is 1.15 bits per heavy atom. The van der Waals surface area contributed by atoms with Crippen LogP contribution in [0, 0.1) is 28.6 Å². The number of carbonyl (C=O) groups excluding carboxylic acids is 1. The van der Waals surface area contributed by atoms with Gasteiger partial charge in [-0.2, -0.15) is 0 Å². The maximum Gasteiger partial charge on any atom is 0.328 e. The van der Waals surface area contributed by atoms with Crippen molar-refractivity contribution in [2.45, 2.75) is 96.8 Å². The van der Waals surface area contributed by atoms with E-state index in [-0.39, 0.29) is 10.8 Å². The second-order valence-electron chi connectivity index (χ2n) is 11.8. The summed E-state index contributed by atoms with van der Waals surface area (Å²) in [6.45, 7) is 7.67. The van der Waals surface area contributed by atoms with Crippen LogP contribution in [-0.2, 0) is 14.4 Å². The molecule has 1 amide bonds. The summed E-state index contributed by atoms with van der Waals surface area (Å²) in [5.74, 6) is -0.0617. The number of aliphatic hydroxyl groups excluding tert-OH is 1. The van der Waals surface area contributed by atoms with E-state index in [4.69, 9.17) is 9.94 Å². The summed E-state index contributed by atoms with van der Waals surface area (Å²) >= 11 is 0. The highest BCUT2D eigenvalue weighted by Crippen LogP contribution is 2.67. The van der Waals surface area contributed by atoms with Crippen LogP contribution < -0.4 is 5.32 Å². The molecule has 0 aromatic heterocycles. The molecule has 4 rings (SSSR count). The number of rotatable bonds is 6. The van der Waals surface area contributed by atoms with Crippen LogP contribution in [0.5, 0.6) is 0 Å². The molecule has 0 aromatic rings. The summed E-state index contributed by atoms with van der Waals surface area (Å²) < 4.78 is 0. The molecule has 0 spiro atoms. The molecule has 190 valence electrons. The number of nitrogens with zero attached hydrogens (tertiary/aromatic N) is 1. The quantitative estimate of drug-likeness (QED) is 0.436. The highest BCUT2D eigenvalue weighted by molar-refractivity contribution is 5.96. The number of fused-ring (bicyclic) bond motifs is 5. The monoisotopic (exact) mass is 476 g/mol. The molecular weight excluding hydrogens is 436 g/mol. The van der Waals surface area contributed by atoms with E-state index in [1.807, 2.05) is 6.92 Å². The average Bonchev–Trinajstić information content (AvgIpc) is 3.00. The maximum atomic E-state index is 12.0. The fourth-order valence-electron chi connectivity index (χ4n) is 7.66. The van der Waals surface area contributed by atoms with Gasteiger partial charge in [-0.25, -0.2) is 4.79 Å². The molecule has 0 bridgehead atoms.